The number of hydrogen-bond donors (Lipinski definition) is 0. The van der Waals surface area contributed by atoms with Crippen LogP contribution in [0.25, 0.3) is 0 Å². The lowest BCUT2D eigenvalue weighted by Crippen LogP contribution is -2.38. The molecule has 37 heavy (non-hydrogen) atoms. The van der Waals surface area contributed by atoms with E-state index in [1.165, 1.54) is 17.3 Å². The molecule has 1 unspecified atom stereocenters. The number of carbonyl (C=O) groups is 2. The molecular weight excluding hydrogens is 482 g/mol. The predicted octanol–water partition coefficient (Wildman–Crippen LogP) is 6.39. The number of carbonyl (C=O) groups excluding carboxylic acids is 2. The van der Waals surface area contributed by atoms with Gasteiger partial charge in [-0.15, -0.1) is 0 Å². The van der Waals surface area contributed by atoms with Crippen molar-refractivity contribution in [2.24, 2.45) is 4.99 Å². The lowest BCUT2D eigenvalue weighted by Gasteiger charge is -2.37. The average molecular weight is 518 g/mol. The standard InChI is InChI=1S/C30H35N3O3S/c1-19(2)23-12-14-24(15-13-23)28-27(29(35)36-20(3)4)21(5)31-30-33(28)25(18-37-30)16-26(34)32(6)17-22-10-8-7-9-11-22/h7-15,18-20,28H,16-17H2,1-6H3. The molecule has 0 bridgehead atoms. The molecule has 0 aliphatic carbocycles. The molecule has 0 saturated carbocycles. The number of aliphatic imine (C=N–C) groups is 1. The van der Waals surface area contributed by atoms with E-state index in [0.29, 0.717) is 23.7 Å². The van der Waals surface area contributed by atoms with E-state index in [1.54, 1.807) is 4.90 Å². The van der Waals surface area contributed by atoms with E-state index in [1.807, 2.05) is 68.5 Å². The van der Waals surface area contributed by atoms with Gasteiger partial charge in [0.2, 0.25) is 5.91 Å². The summed E-state index contributed by atoms with van der Waals surface area (Å²) >= 11 is 1.49. The van der Waals surface area contributed by atoms with Gasteiger partial charge >= 0.3 is 5.97 Å². The minimum atomic E-state index is -0.423. The lowest BCUT2D eigenvalue weighted by molar-refractivity contribution is -0.143. The van der Waals surface area contributed by atoms with Crippen LogP contribution in [0.1, 0.15) is 69.7 Å². The molecule has 4 rings (SSSR count). The molecule has 1 amide bonds. The summed E-state index contributed by atoms with van der Waals surface area (Å²) in [6.45, 7) is 10.4. The third kappa shape index (κ3) is 5.99. The molecule has 2 aliphatic rings. The fraction of sp³-hybridized carbons (Fsp3) is 0.367. The lowest BCUT2D eigenvalue weighted by atomic mass is 9.92. The normalized spacial score (nSPS) is 17.1. The smallest absolute Gasteiger partial charge is 0.338 e. The maximum Gasteiger partial charge on any atom is 0.338 e. The Labute approximate surface area is 224 Å². The number of thioether (sulfide) groups is 1. The second kappa shape index (κ2) is 11.4. The first-order chi connectivity index (χ1) is 17.7. The molecule has 0 saturated heterocycles. The molecule has 0 spiro atoms. The Morgan fingerprint density at radius 2 is 1.73 bits per heavy atom. The number of benzene rings is 2. The van der Waals surface area contributed by atoms with Crippen LogP contribution in [0.5, 0.6) is 0 Å². The Bertz CT molecular complexity index is 1250. The van der Waals surface area contributed by atoms with Gasteiger partial charge in [0.25, 0.3) is 0 Å². The largest absolute Gasteiger partial charge is 0.459 e. The van der Waals surface area contributed by atoms with Gasteiger partial charge in [0.1, 0.15) is 0 Å². The van der Waals surface area contributed by atoms with Gasteiger partial charge in [-0.3, -0.25) is 4.79 Å². The zero-order valence-corrected chi connectivity index (χ0v) is 23.2. The van der Waals surface area contributed by atoms with Gasteiger partial charge in [-0.25, -0.2) is 9.79 Å². The minimum Gasteiger partial charge on any atom is -0.459 e. The Morgan fingerprint density at radius 3 is 2.35 bits per heavy atom. The van der Waals surface area contributed by atoms with Crippen LogP contribution in [-0.4, -0.2) is 40.0 Å². The van der Waals surface area contributed by atoms with Crippen molar-refractivity contribution in [1.82, 2.24) is 9.80 Å². The number of ether oxygens (including phenoxy) is 1. The highest BCUT2D eigenvalue weighted by Gasteiger charge is 2.41. The predicted molar refractivity (Wildman–Crippen MR) is 150 cm³/mol. The van der Waals surface area contributed by atoms with Crippen molar-refractivity contribution in [1.29, 1.82) is 0 Å². The van der Waals surface area contributed by atoms with E-state index < -0.39 is 6.04 Å². The summed E-state index contributed by atoms with van der Waals surface area (Å²) in [5.41, 5.74) is 5.25. The number of fused-ring (bicyclic) bond motifs is 1. The van der Waals surface area contributed by atoms with Gasteiger partial charge < -0.3 is 14.5 Å². The maximum absolute atomic E-state index is 13.3. The Balaban J connectivity index is 1.65. The highest BCUT2D eigenvalue weighted by Crippen LogP contribution is 2.45. The van der Waals surface area contributed by atoms with Crippen LogP contribution in [0, 0.1) is 0 Å². The summed E-state index contributed by atoms with van der Waals surface area (Å²) in [6, 6.07) is 17.9. The first-order valence-corrected chi connectivity index (χ1v) is 13.6. The third-order valence-electron chi connectivity index (χ3n) is 6.50. The van der Waals surface area contributed by atoms with Crippen molar-refractivity contribution in [2.75, 3.05) is 7.05 Å². The highest BCUT2D eigenvalue weighted by molar-refractivity contribution is 8.16. The highest BCUT2D eigenvalue weighted by atomic mass is 32.2. The van der Waals surface area contributed by atoms with Gasteiger partial charge in [-0.1, -0.05) is 80.2 Å². The quantitative estimate of drug-likeness (QED) is 0.380. The Morgan fingerprint density at radius 1 is 1.05 bits per heavy atom. The summed E-state index contributed by atoms with van der Waals surface area (Å²) in [5.74, 6) is 0.0243. The number of hydrogen-bond acceptors (Lipinski definition) is 6. The van der Waals surface area contributed by atoms with E-state index in [-0.39, 0.29) is 24.4 Å². The summed E-state index contributed by atoms with van der Waals surface area (Å²) in [4.78, 5) is 35.1. The molecule has 2 aliphatic heterocycles. The van der Waals surface area contributed by atoms with Crippen LogP contribution < -0.4 is 0 Å². The molecule has 1 atom stereocenters. The van der Waals surface area contributed by atoms with Crippen molar-refractivity contribution in [3.8, 4) is 0 Å². The molecule has 2 heterocycles. The summed E-state index contributed by atoms with van der Waals surface area (Å²) in [7, 11) is 1.82. The van der Waals surface area contributed by atoms with Crippen molar-refractivity contribution in [3.05, 3.63) is 93.7 Å². The van der Waals surface area contributed by atoms with Gasteiger partial charge in [0.15, 0.2) is 5.17 Å². The molecule has 2 aromatic carbocycles. The fourth-order valence-electron chi connectivity index (χ4n) is 4.52. The number of rotatable bonds is 8. The first kappa shape index (κ1) is 26.7. The average Bonchev–Trinajstić information content (AvgIpc) is 3.25. The van der Waals surface area contributed by atoms with Gasteiger partial charge in [0.05, 0.1) is 29.8 Å². The van der Waals surface area contributed by atoms with E-state index in [9.17, 15) is 9.59 Å². The van der Waals surface area contributed by atoms with Crippen molar-refractivity contribution < 1.29 is 14.3 Å². The molecular formula is C30H35N3O3S. The zero-order valence-electron chi connectivity index (χ0n) is 22.4. The molecule has 0 fully saturated rings. The van der Waals surface area contributed by atoms with Gasteiger partial charge in [-0.2, -0.15) is 0 Å². The number of nitrogens with zero attached hydrogens (tertiary/aromatic N) is 3. The molecule has 2 aromatic rings. The first-order valence-electron chi connectivity index (χ1n) is 12.7. The maximum atomic E-state index is 13.3. The summed E-state index contributed by atoms with van der Waals surface area (Å²) < 4.78 is 5.65. The van der Waals surface area contributed by atoms with Crippen LogP contribution in [0.4, 0.5) is 0 Å². The van der Waals surface area contributed by atoms with E-state index >= 15 is 0 Å². The van der Waals surface area contributed by atoms with Gasteiger partial charge in [0, 0.05) is 19.3 Å². The molecule has 0 N–H and O–H groups in total. The molecule has 0 radical (unpaired) electrons. The minimum absolute atomic E-state index is 0.00319. The number of amidine groups is 1. The number of amides is 1. The monoisotopic (exact) mass is 517 g/mol. The molecule has 0 aromatic heterocycles. The molecule has 194 valence electrons. The summed E-state index contributed by atoms with van der Waals surface area (Å²) in [6.07, 6.45) is -0.0417. The van der Waals surface area contributed by atoms with Crippen LogP contribution in [0.3, 0.4) is 0 Å². The third-order valence-corrected chi connectivity index (χ3v) is 7.39. The molecule has 6 nitrogen and oxygen atoms in total. The number of esters is 1. The Hall–Kier alpha value is -3.32. The van der Waals surface area contributed by atoms with Gasteiger partial charge in [-0.05, 0) is 48.8 Å². The van der Waals surface area contributed by atoms with Crippen molar-refractivity contribution >= 4 is 28.8 Å². The molecule has 7 heteroatoms. The zero-order chi connectivity index (χ0) is 26.7. The summed E-state index contributed by atoms with van der Waals surface area (Å²) in [5, 5.41) is 2.75. The second-order valence-corrected chi connectivity index (χ2v) is 10.9. The van der Waals surface area contributed by atoms with E-state index in [4.69, 9.17) is 9.73 Å². The van der Waals surface area contributed by atoms with Crippen LogP contribution >= 0.6 is 11.8 Å². The SMILES string of the molecule is CC1=C(C(=O)OC(C)C)C(c2ccc(C(C)C)cc2)N2C(CC(=O)N(C)Cc3ccccc3)=CSC2=N1. The van der Waals surface area contributed by atoms with Crippen LogP contribution in [0.2, 0.25) is 0 Å². The second-order valence-electron chi connectivity index (χ2n) is 10.1. The van der Waals surface area contributed by atoms with E-state index in [2.05, 4.69) is 38.1 Å². The van der Waals surface area contributed by atoms with Crippen LogP contribution in [0.15, 0.2) is 82.0 Å². The van der Waals surface area contributed by atoms with Crippen LogP contribution in [-0.2, 0) is 20.9 Å². The topological polar surface area (TPSA) is 62.2 Å². The van der Waals surface area contributed by atoms with E-state index in [0.717, 1.165) is 22.0 Å². The Kier molecular flexibility index (Phi) is 8.22. The number of allylic oxidation sites excluding steroid dienone is 1. The van der Waals surface area contributed by atoms with Crippen molar-refractivity contribution in [3.63, 3.8) is 0 Å². The fourth-order valence-corrected chi connectivity index (χ4v) is 5.49. The van der Waals surface area contributed by atoms with Crippen molar-refractivity contribution in [2.45, 2.75) is 65.6 Å².